The summed E-state index contributed by atoms with van der Waals surface area (Å²) >= 11 is 0. The summed E-state index contributed by atoms with van der Waals surface area (Å²) in [6.45, 7) is 4.92. The van der Waals surface area contributed by atoms with Crippen LogP contribution in [0.25, 0.3) is 5.69 Å². The number of nitrogens with zero attached hydrogens (tertiary/aromatic N) is 2. The molecular formula is C20H26N4O. The topological polar surface area (TPSA) is 59.0 Å². The quantitative estimate of drug-likeness (QED) is 0.900. The van der Waals surface area contributed by atoms with Crippen molar-refractivity contribution in [2.45, 2.75) is 39.0 Å². The second-order valence-corrected chi connectivity index (χ2v) is 7.25. The number of fused-ring (bicyclic) bond motifs is 1. The zero-order chi connectivity index (χ0) is 17.2. The number of benzene rings is 1. The Hall–Kier alpha value is -2.14. The molecule has 5 heteroatoms. The molecule has 2 aliphatic rings. The zero-order valence-electron chi connectivity index (χ0n) is 14.8. The maximum atomic E-state index is 12.8. The van der Waals surface area contributed by atoms with Gasteiger partial charge in [0.25, 0.3) is 5.91 Å². The highest BCUT2D eigenvalue weighted by atomic mass is 16.1. The van der Waals surface area contributed by atoms with Crippen LogP contribution in [-0.2, 0) is 12.8 Å². The third kappa shape index (κ3) is 3.21. The number of carbonyl (C=O) groups is 1. The minimum absolute atomic E-state index is 0.0175. The fourth-order valence-corrected chi connectivity index (χ4v) is 4.04. The van der Waals surface area contributed by atoms with Crippen LogP contribution in [0.2, 0.25) is 0 Å². The van der Waals surface area contributed by atoms with E-state index in [1.807, 2.05) is 16.8 Å². The predicted octanol–water partition coefficient (Wildman–Crippen LogP) is 2.40. The predicted molar refractivity (Wildman–Crippen MR) is 98.3 cm³/mol. The van der Waals surface area contributed by atoms with Gasteiger partial charge >= 0.3 is 0 Å². The van der Waals surface area contributed by atoms with E-state index in [1.165, 1.54) is 24.1 Å². The molecule has 1 aromatic carbocycles. The normalized spacial score (nSPS) is 19.6. The second kappa shape index (κ2) is 7.00. The molecule has 0 bridgehead atoms. The smallest absolute Gasteiger partial charge is 0.272 e. The molecule has 2 heterocycles. The van der Waals surface area contributed by atoms with Gasteiger partial charge in [-0.1, -0.05) is 18.2 Å². The number of amides is 1. The van der Waals surface area contributed by atoms with E-state index >= 15 is 0 Å². The molecule has 25 heavy (non-hydrogen) atoms. The molecule has 0 radical (unpaired) electrons. The Kier molecular flexibility index (Phi) is 4.57. The van der Waals surface area contributed by atoms with Crippen LogP contribution in [0.1, 0.15) is 46.6 Å². The summed E-state index contributed by atoms with van der Waals surface area (Å²) in [7, 11) is 0. The van der Waals surface area contributed by atoms with Crippen LogP contribution in [0.3, 0.4) is 0 Å². The number of hydrogen-bond acceptors (Lipinski definition) is 3. The highest BCUT2D eigenvalue weighted by molar-refractivity contribution is 5.94. The molecule has 4 rings (SSSR count). The van der Waals surface area contributed by atoms with Crippen molar-refractivity contribution < 1.29 is 4.79 Å². The SMILES string of the molecule is Cc1ccccc1-n1nc(C(=O)NCC2CCCNC2)c2c1CCC2. The van der Waals surface area contributed by atoms with Gasteiger partial charge in [-0.05, 0) is 69.7 Å². The fraction of sp³-hybridized carbons (Fsp3) is 0.500. The summed E-state index contributed by atoms with van der Waals surface area (Å²) in [5.41, 5.74) is 5.23. The van der Waals surface area contributed by atoms with E-state index in [0.29, 0.717) is 11.6 Å². The van der Waals surface area contributed by atoms with E-state index < -0.39 is 0 Å². The van der Waals surface area contributed by atoms with Gasteiger partial charge < -0.3 is 10.6 Å². The number of hydrogen-bond donors (Lipinski definition) is 2. The first kappa shape index (κ1) is 16.3. The van der Waals surface area contributed by atoms with Crippen molar-refractivity contribution >= 4 is 5.91 Å². The minimum atomic E-state index is -0.0175. The van der Waals surface area contributed by atoms with Crippen molar-refractivity contribution in [1.82, 2.24) is 20.4 Å². The molecule has 0 saturated carbocycles. The molecule has 0 spiro atoms. The second-order valence-electron chi connectivity index (χ2n) is 7.25. The minimum Gasteiger partial charge on any atom is -0.350 e. The molecule has 1 aliphatic carbocycles. The lowest BCUT2D eigenvalue weighted by Gasteiger charge is -2.22. The van der Waals surface area contributed by atoms with Gasteiger partial charge in [-0.3, -0.25) is 4.79 Å². The number of carbonyl (C=O) groups excluding carboxylic acids is 1. The molecule has 1 fully saturated rings. The Morgan fingerprint density at radius 2 is 2.20 bits per heavy atom. The number of piperidine rings is 1. The average Bonchev–Trinajstić information content (AvgIpc) is 3.24. The Morgan fingerprint density at radius 1 is 1.32 bits per heavy atom. The average molecular weight is 338 g/mol. The van der Waals surface area contributed by atoms with Crippen molar-refractivity contribution in [3.8, 4) is 5.69 Å². The molecule has 2 N–H and O–H groups in total. The van der Waals surface area contributed by atoms with Gasteiger partial charge in [-0.25, -0.2) is 4.68 Å². The molecule has 1 amide bonds. The summed E-state index contributed by atoms with van der Waals surface area (Å²) in [6.07, 6.45) is 5.43. The third-order valence-corrected chi connectivity index (χ3v) is 5.44. The van der Waals surface area contributed by atoms with E-state index in [2.05, 4.69) is 29.7 Å². The molecule has 1 saturated heterocycles. The number of para-hydroxylation sites is 1. The Morgan fingerprint density at radius 3 is 3.00 bits per heavy atom. The maximum Gasteiger partial charge on any atom is 0.272 e. The van der Waals surface area contributed by atoms with Crippen molar-refractivity contribution in [3.05, 3.63) is 46.8 Å². The largest absolute Gasteiger partial charge is 0.350 e. The van der Waals surface area contributed by atoms with Gasteiger partial charge in [0.15, 0.2) is 5.69 Å². The molecule has 1 aromatic heterocycles. The molecule has 132 valence electrons. The van der Waals surface area contributed by atoms with Crippen LogP contribution in [0.4, 0.5) is 0 Å². The number of rotatable bonds is 4. The summed E-state index contributed by atoms with van der Waals surface area (Å²) in [5.74, 6) is 0.514. The molecule has 1 unspecified atom stereocenters. The van der Waals surface area contributed by atoms with Crippen LogP contribution in [-0.4, -0.2) is 35.3 Å². The lowest BCUT2D eigenvalue weighted by Crippen LogP contribution is -2.38. The maximum absolute atomic E-state index is 12.8. The first-order valence-electron chi connectivity index (χ1n) is 9.39. The number of aromatic nitrogens is 2. The molecular weight excluding hydrogens is 312 g/mol. The van der Waals surface area contributed by atoms with Crippen LogP contribution in [0.15, 0.2) is 24.3 Å². The Labute approximate surface area is 148 Å². The lowest BCUT2D eigenvalue weighted by molar-refractivity contribution is 0.0938. The highest BCUT2D eigenvalue weighted by Crippen LogP contribution is 2.28. The van der Waals surface area contributed by atoms with E-state index in [4.69, 9.17) is 5.10 Å². The Balaban J connectivity index is 1.57. The molecule has 5 nitrogen and oxygen atoms in total. The van der Waals surface area contributed by atoms with E-state index in [-0.39, 0.29) is 5.91 Å². The number of aryl methyl sites for hydroxylation is 1. The highest BCUT2D eigenvalue weighted by Gasteiger charge is 2.27. The van der Waals surface area contributed by atoms with Gasteiger partial charge in [0.05, 0.1) is 5.69 Å². The Bertz CT molecular complexity index is 774. The van der Waals surface area contributed by atoms with Crippen LogP contribution >= 0.6 is 0 Å². The lowest BCUT2D eigenvalue weighted by atomic mass is 10.00. The van der Waals surface area contributed by atoms with E-state index in [9.17, 15) is 4.79 Å². The van der Waals surface area contributed by atoms with Crippen LogP contribution < -0.4 is 10.6 Å². The van der Waals surface area contributed by atoms with Gasteiger partial charge in [-0.15, -0.1) is 0 Å². The fourth-order valence-electron chi connectivity index (χ4n) is 4.04. The van der Waals surface area contributed by atoms with Crippen molar-refractivity contribution in [2.75, 3.05) is 19.6 Å². The summed E-state index contributed by atoms with van der Waals surface area (Å²) in [6, 6.07) is 8.24. The molecule has 2 aromatic rings. The number of nitrogens with one attached hydrogen (secondary N) is 2. The molecule has 1 aliphatic heterocycles. The molecule has 1 atom stereocenters. The van der Waals surface area contributed by atoms with E-state index in [1.54, 1.807) is 0 Å². The van der Waals surface area contributed by atoms with Crippen LogP contribution in [0.5, 0.6) is 0 Å². The van der Waals surface area contributed by atoms with Gasteiger partial charge in [0, 0.05) is 17.8 Å². The zero-order valence-corrected chi connectivity index (χ0v) is 14.8. The van der Waals surface area contributed by atoms with Gasteiger partial charge in [-0.2, -0.15) is 5.10 Å². The summed E-state index contributed by atoms with van der Waals surface area (Å²) in [5, 5.41) is 11.2. The standard InChI is InChI=1S/C20H26N4O/c1-14-6-2-3-9-17(14)24-18-10-4-8-16(18)19(23-24)20(25)22-13-15-7-5-11-21-12-15/h2-3,6,9,15,21H,4-5,7-8,10-13H2,1H3,(H,22,25). The summed E-state index contributed by atoms with van der Waals surface area (Å²) < 4.78 is 1.99. The van der Waals surface area contributed by atoms with Crippen LogP contribution in [0, 0.1) is 12.8 Å². The summed E-state index contributed by atoms with van der Waals surface area (Å²) in [4.78, 5) is 12.8. The van der Waals surface area contributed by atoms with Crippen molar-refractivity contribution in [2.24, 2.45) is 5.92 Å². The first-order chi connectivity index (χ1) is 12.2. The van der Waals surface area contributed by atoms with Crippen molar-refractivity contribution in [3.63, 3.8) is 0 Å². The first-order valence-corrected chi connectivity index (χ1v) is 9.39. The van der Waals surface area contributed by atoms with E-state index in [0.717, 1.165) is 50.1 Å². The van der Waals surface area contributed by atoms with Gasteiger partial charge in [0.1, 0.15) is 0 Å². The van der Waals surface area contributed by atoms with Crippen molar-refractivity contribution in [1.29, 1.82) is 0 Å². The monoisotopic (exact) mass is 338 g/mol. The third-order valence-electron chi connectivity index (χ3n) is 5.44. The van der Waals surface area contributed by atoms with Gasteiger partial charge in [0.2, 0.25) is 0 Å².